The third kappa shape index (κ3) is 4.25. The minimum Gasteiger partial charge on any atom is -0.378 e. The Morgan fingerprint density at radius 3 is 2.79 bits per heavy atom. The number of carbonyl (C=O) groups is 1. The second-order valence-electron chi connectivity index (χ2n) is 7.36. The van der Waals surface area contributed by atoms with Gasteiger partial charge in [0.05, 0.1) is 31.3 Å². The lowest BCUT2D eigenvalue weighted by molar-refractivity contribution is -0.125. The summed E-state index contributed by atoms with van der Waals surface area (Å²) in [5, 5.41) is 9.31. The number of amides is 1. The van der Waals surface area contributed by atoms with Crippen LogP contribution in [0.1, 0.15) is 32.1 Å². The monoisotopic (exact) mass is 404 g/mol. The quantitative estimate of drug-likeness (QED) is 0.583. The molecule has 2 aromatic heterocycles. The lowest BCUT2D eigenvalue weighted by Crippen LogP contribution is -2.37. The van der Waals surface area contributed by atoms with Gasteiger partial charge in [0.1, 0.15) is 5.82 Å². The molecule has 1 saturated heterocycles. The highest BCUT2D eigenvalue weighted by Gasteiger charge is 2.22. The third-order valence-corrected chi connectivity index (χ3v) is 6.10. The summed E-state index contributed by atoms with van der Waals surface area (Å²) in [5.74, 6) is 1.29. The minimum absolute atomic E-state index is 0.182. The summed E-state index contributed by atoms with van der Waals surface area (Å²) in [6.07, 6.45) is 9.45. The number of hydrogen-bond donors (Lipinski definition) is 1. The fraction of sp³-hybridized carbons (Fsp3) is 0.684. The van der Waals surface area contributed by atoms with Crippen LogP contribution in [0.4, 0.5) is 5.82 Å². The predicted molar refractivity (Wildman–Crippen MR) is 110 cm³/mol. The first-order valence-corrected chi connectivity index (χ1v) is 11.4. The van der Waals surface area contributed by atoms with E-state index in [4.69, 9.17) is 9.72 Å². The van der Waals surface area contributed by atoms with Gasteiger partial charge in [0.15, 0.2) is 10.8 Å². The number of morpholine rings is 1. The minimum atomic E-state index is 0.182. The zero-order valence-corrected chi connectivity index (χ0v) is 17.2. The Morgan fingerprint density at radius 2 is 2.04 bits per heavy atom. The molecule has 2 aliphatic rings. The maximum atomic E-state index is 12.4. The van der Waals surface area contributed by atoms with Crippen molar-refractivity contribution in [2.24, 2.45) is 5.92 Å². The van der Waals surface area contributed by atoms with Crippen LogP contribution in [0.5, 0.6) is 0 Å². The van der Waals surface area contributed by atoms with Crippen LogP contribution in [0.25, 0.3) is 11.0 Å². The molecule has 3 heterocycles. The van der Waals surface area contributed by atoms with E-state index in [0.29, 0.717) is 26.3 Å². The number of ether oxygens (including phenoxy) is 1. The number of carbonyl (C=O) groups excluding carboxylic acids is 1. The fourth-order valence-electron chi connectivity index (χ4n) is 3.99. The van der Waals surface area contributed by atoms with Crippen molar-refractivity contribution in [1.82, 2.24) is 25.1 Å². The standard InChI is InChI=1S/C19H28N6O2S/c1-28-19-22-16(24-9-11-27-12-10-24)15-13-21-25(17(15)23-19)8-7-20-18(26)14-5-3-2-4-6-14/h13-14H,2-12H2,1H3,(H,20,26). The van der Waals surface area contributed by atoms with E-state index in [2.05, 4.69) is 20.3 Å². The Labute approximate surface area is 169 Å². The van der Waals surface area contributed by atoms with E-state index >= 15 is 0 Å². The largest absolute Gasteiger partial charge is 0.378 e. The normalized spacial score (nSPS) is 18.5. The molecule has 0 spiro atoms. The van der Waals surface area contributed by atoms with Gasteiger partial charge >= 0.3 is 0 Å². The van der Waals surface area contributed by atoms with Crippen molar-refractivity contribution >= 4 is 34.5 Å². The van der Waals surface area contributed by atoms with E-state index in [0.717, 1.165) is 47.9 Å². The van der Waals surface area contributed by atoms with Crippen LogP contribution in [-0.2, 0) is 16.1 Å². The fourth-order valence-corrected chi connectivity index (χ4v) is 4.34. The molecule has 0 radical (unpaired) electrons. The molecule has 9 heteroatoms. The van der Waals surface area contributed by atoms with E-state index < -0.39 is 0 Å². The molecular weight excluding hydrogens is 376 g/mol. The van der Waals surface area contributed by atoms with Gasteiger partial charge in [-0.15, -0.1) is 0 Å². The Kier molecular flexibility index (Phi) is 6.31. The number of anilines is 1. The summed E-state index contributed by atoms with van der Waals surface area (Å²) in [6, 6.07) is 0. The highest BCUT2D eigenvalue weighted by molar-refractivity contribution is 7.98. The summed E-state index contributed by atoms with van der Waals surface area (Å²) in [6.45, 7) is 4.24. The first-order valence-electron chi connectivity index (χ1n) is 10.1. The lowest BCUT2D eigenvalue weighted by Gasteiger charge is -2.28. The summed E-state index contributed by atoms with van der Waals surface area (Å²) < 4.78 is 7.35. The van der Waals surface area contributed by atoms with Gasteiger partial charge in [-0.05, 0) is 19.1 Å². The van der Waals surface area contributed by atoms with Crippen LogP contribution >= 0.6 is 11.8 Å². The molecule has 0 aromatic carbocycles. The number of nitrogens with zero attached hydrogens (tertiary/aromatic N) is 5. The number of fused-ring (bicyclic) bond motifs is 1. The zero-order valence-electron chi connectivity index (χ0n) is 16.4. The van der Waals surface area contributed by atoms with Crippen molar-refractivity contribution in [2.75, 3.05) is 44.0 Å². The molecule has 2 fully saturated rings. The molecule has 1 aliphatic heterocycles. The van der Waals surface area contributed by atoms with E-state index in [9.17, 15) is 4.79 Å². The zero-order chi connectivity index (χ0) is 19.3. The summed E-state index contributed by atoms with van der Waals surface area (Å²) in [7, 11) is 0. The van der Waals surface area contributed by atoms with Crippen LogP contribution in [0.2, 0.25) is 0 Å². The van der Waals surface area contributed by atoms with Crippen molar-refractivity contribution in [3.05, 3.63) is 6.20 Å². The summed E-state index contributed by atoms with van der Waals surface area (Å²) in [4.78, 5) is 24.0. The first-order chi connectivity index (χ1) is 13.8. The molecule has 8 nitrogen and oxygen atoms in total. The molecule has 1 amide bonds. The van der Waals surface area contributed by atoms with E-state index in [1.165, 1.54) is 31.0 Å². The van der Waals surface area contributed by atoms with Gasteiger partial charge in [0.2, 0.25) is 5.91 Å². The predicted octanol–water partition coefficient (Wildman–Crippen LogP) is 2.08. The van der Waals surface area contributed by atoms with Gasteiger partial charge in [-0.3, -0.25) is 4.79 Å². The van der Waals surface area contributed by atoms with Crippen molar-refractivity contribution in [1.29, 1.82) is 0 Å². The van der Waals surface area contributed by atoms with Crippen LogP contribution in [0.3, 0.4) is 0 Å². The van der Waals surface area contributed by atoms with Gasteiger partial charge in [0.25, 0.3) is 0 Å². The number of thioether (sulfide) groups is 1. The van der Waals surface area contributed by atoms with Crippen LogP contribution in [-0.4, -0.2) is 64.8 Å². The summed E-state index contributed by atoms with van der Waals surface area (Å²) in [5.41, 5.74) is 0.827. The SMILES string of the molecule is CSc1nc(N2CCOCC2)c2cnn(CCNC(=O)C3CCCCC3)c2n1. The second kappa shape index (κ2) is 9.09. The Bertz CT molecular complexity index is 814. The second-order valence-corrected chi connectivity index (χ2v) is 8.14. The molecule has 1 saturated carbocycles. The summed E-state index contributed by atoms with van der Waals surface area (Å²) >= 11 is 1.53. The van der Waals surface area contributed by atoms with Gasteiger partial charge in [-0.1, -0.05) is 31.0 Å². The molecule has 0 atom stereocenters. The van der Waals surface area contributed by atoms with Crippen molar-refractivity contribution < 1.29 is 9.53 Å². The van der Waals surface area contributed by atoms with Gasteiger partial charge in [-0.25, -0.2) is 14.6 Å². The molecular formula is C19H28N6O2S. The number of nitrogens with one attached hydrogen (secondary N) is 1. The average molecular weight is 405 g/mol. The molecule has 1 N–H and O–H groups in total. The molecule has 2 aromatic rings. The molecule has 4 rings (SSSR count). The smallest absolute Gasteiger partial charge is 0.223 e. The van der Waals surface area contributed by atoms with Gasteiger partial charge in [0, 0.05) is 25.6 Å². The van der Waals surface area contributed by atoms with E-state index in [-0.39, 0.29) is 11.8 Å². The maximum absolute atomic E-state index is 12.4. The molecule has 28 heavy (non-hydrogen) atoms. The molecule has 1 aliphatic carbocycles. The Hall–Kier alpha value is -1.87. The molecule has 0 unspecified atom stereocenters. The highest BCUT2D eigenvalue weighted by Crippen LogP contribution is 2.27. The topological polar surface area (TPSA) is 85.2 Å². The van der Waals surface area contributed by atoms with Crippen LogP contribution in [0, 0.1) is 5.92 Å². The highest BCUT2D eigenvalue weighted by atomic mass is 32.2. The lowest BCUT2D eigenvalue weighted by atomic mass is 9.89. The Morgan fingerprint density at radius 1 is 1.25 bits per heavy atom. The third-order valence-electron chi connectivity index (χ3n) is 5.55. The van der Waals surface area contributed by atoms with Crippen LogP contribution < -0.4 is 10.2 Å². The van der Waals surface area contributed by atoms with E-state index in [1.807, 2.05) is 17.1 Å². The van der Waals surface area contributed by atoms with E-state index in [1.54, 1.807) is 0 Å². The Balaban J connectivity index is 1.47. The van der Waals surface area contributed by atoms with Crippen LogP contribution in [0.15, 0.2) is 11.4 Å². The van der Waals surface area contributed by atoms with Gasteiger partial charge in [-0.2, -0.15) is 5.10 Å². The molecule has 0 bridgehead atoms. The first kappa shape index (κ1) is 19.4. The van der Waals surface area contributed by atoms with Crippen molar-refractivity contribution in [3.63, 3.8) is 0 Å². The van der Waals surface area contributed by atoms with Gasteiger partial charge < -0.3 is 15.0 Å². The maximum Gasteiger partial charge on any atom is 0.223 e. The molecule has 152 valence electrons. The van der Waals surface area contributed by atoms with Crippen molar-refractivity contribution in [2.45, 2.75) is 43.8 Å². The average Bonchev–Trinajstić information content (AvgIpc) is 3.17. The van der Waals surface area contributed by atoms with Crippen molar-refractivity contribution in [3.8, 4) is 0 Å². The number of rotatable bonds is 6. The number of hydrogen-bond acceptors (Lipinski definition) is 7. The number of aromatic nitrogens is 4.